The minimum absolute atomic E-state index is 0.237. The minimum Gasteiger partial charge on any atom is -0.378 e. The lowest BCUT2D eigenvalue weighted by Gasteiger charge is -2.29. The minimum atomic E-state index is 0.237. The van der Waals surface area contributed by atoms with Crippen LogP contribution in [0.3, 0.4) is 0 Å². The second-order valence-corrected chi connectivity index (χ2v) is 8.91. The van der Waals surface area contributed by atoms with Crippen LogP contribution in [-0.2, 0) is 4.74 Å². The van der Waals surface area contributed by atoms with Crippen LogP contribution >= 0.6 is 0 Å². The summed E-state index contributed by atoms with van der Waals surface area (Å²) in [5.74, 6) is 0.942. The van der Waals surface area contributed by atoms with E-state index in [-0.39, 0.29) is 5.41 Å². The van der Waals surface area contributed by atoms with Crippen molar-refractivity contribution in [3.63, 3.8) is 0 Å². The third kappa shape index (κ3) is 4.07. The molecule has 2 aliphatic heterocycles. The van der Waals surface area contributed by atoms with Crippen molar-refractivity contribution in [2.24, 2.45) is 5.41 Å². The number of morpholine rings is 1. The molecule has 2 aromatic heterocycles. The van der Waals surface area contributed by atoms with Crippen molar-refractivity contribution in [1.82, 2.24) is 20.3 Å². The molecular formula is C24H30N6O. The van der Waals surface area contributed by atoms with Gasteiger partial charge in [0.25, 0.3) is 0 Å². The zero-order valence-electron chi connectivity index (χ0n) is 18.3. The number of pyridine rings is 1. The Hall–Kier alpha value is -2.77. The molecule has 1 aromatic carbocycles. The van der Waals surface area contributed by atoms with Crippen molar-refractivity contribution in [2.45, 2.75) is 13.3 Å². The van der Waals surface area contributed by atoms with Gasteiger partial charge in [-0.05, 0) is 37.1 Å². The maximum Gasteiger partial charge on any atom is 0.157 e. The molecule has 4 heterocycles. The lowest BCUT2D eigenvalue weighted by atomic mass is 9.90. The van der Waals surface area contributed by atoms with Crippen molar-refractivity contribution < 1.29 is 4.74 Å². The topological polar surface area (TPSA) is 66.4 Å². The number of rotatable bonds is 5. The second-order valence-electron chi connectivity index (χ2n) is 8.91. The highest BCUT2D eigenvalue weighted by Crippen LogP contribution is 2.36. The van der Waals surface area contributed by atoms with Gasteiger partial charge in [-0.25, -0.2) is 9.97 Å². The van der Waals surface area contributed by atoms with E-state index in [9.17, 15) is 0 Å². The van der Waals surface area contributed by atoms with Gasteiger partial charge in [0.05, 0.1) is 24.4 Å². The van der Waals surface area contributed by atoms with Gasteiger partial charge in [0.2, 0.25) is 0 Å². The van der Waals surface area contributed by atoms with Crippen LogP contribution in [0.4, 0.5) is 11.5 Å². The van der Waals surface area contributed by atoms with Crippen LogP contribution in [0.5, 0.6) is 0 Å². The Morgan fingerprint density at radius 3 is 2.58 bits per heavy atom. The van der Waals surface area contributed by atoms with Gasteiger partial charge in [-0.1, -0.05) is 19.1 Å². The summed E-state index contributed by atoms with van der Waals surface area (Å²) in [6.45, 7) is 8.74. The van der Waals surface area contributed by atoms with Crippen LogP contribution in [0.25, 0.3) is 22.3 Å². The largest absolute Gasteiger partial charge is 0.378 e. The number of anilines is 2. The Balaban J connectivity index is 1.49. The van der Waals surface area contributed by atoms with Gasteiger partial charge >= 0.3 is 0 Å². The molecule has 0 spiro atoms. The van der Waals surface area contributed by atoms with Gasteiger partial charge in [-0.15, -0.1) is 0 Å². The molecule has 31 heavy (non-hydrogen) atoms. The highest BCUT2D eigenvalue weighted by atomic mass is 16.5. The summed E-state index contributed by atoms with van der Waals surface area (Å²) in [6, 6.07) is 10.7. The van der Waals surface area contributed by atoms with E-state index in [1.807, 2.05) is 7.05 Å². The first kappa shape index (κ1) is 20.2. The smallest absolute Gasteiger partial charge is 0.157 e. The fourth-order valence-corrected chi connectivity index (χ4v) is 4.76. The SMILES string of the molecule is CNC[C@]1(C)CCN(c2nc(-c3ccc(N4CCOCC4)cc3)cc3nccnc23)C1. The zero-order valence-corrected chi connectivity index (χ0v) is 18.3. The molecule has 5 rings (SSSR count). The zero-order chi connectivity index (χ0) is 21.3. The molecule has 3 aromatic rings. The number of benzene rings is 1. The number of fused-ring (bicyclic) bond motifs is 1. The molecular weight excluding hydrogens is 388 g/mol. The summed E-state index contributed by atoms with van der Waals surface area (Å²) >= 11 is 0. The summed E-state index contributed by atoms with van der Waals surface area (Å²) in [4.78, 5) is 19.1. The molecule has 1 atom stereocenters. The quantitative estimate of drug-likeness (QED) is 0.683. The first-order valence-corrected chi connectivity index (χ1v) is 11.1. The number of hydrogen-bond acceptors (Lipinski definition) is 7. The van der Waals surface area contributed by atoms with E-state index in [0.29, 0.717) is 0 Å². The summed E-state index contributed by atoms with van der Waals surface area (Å²) < 4.78 is 5.47. The number of aromatic nitrogens is 3. The Kier molecular flexibility index (Phi) is 5.46. The second kappa shape index (κ2) is 8.40. The summed E-state index contributed by atoms with van der Waals surface area (Å²) in [6.07, 6.45) is 4.65. The number of hydrogen-bond donors (Lipinski definition) is 1. The highest BCUT2D eigenvalue weighted by molar-refractivity contribution is 5.89. The molecule has 0 saturated carbocycles. The van der Waals surface area contributed by atoms with Crippen LogP contribution in [0.15, 0.2) is 42.7 Å². The maximum absolute atomic E-state index is 5.47. The molecule has 0 aliphatic carbocycles. The standard InChI is InChI=1S/C24H30N6O/c1-24(16-25-2)7-10-30(17-24)23-22-21(26-8-9-27-22)15-20(28-23)18-3-5-19(6-4-18)29-11-13-31-14-12-29/h3-6,8-9,15,25H,7,10-14,16-17H2,1-2H3/t24-/m0/s1. The maximum atomic E-state index is 5.47. The molecule has 2 saturated heterocycles. The summed E-state index contributed by atoms with van der Waals surface area (Å²) in [5.41, 5.74) is 5.28. The van der Waals surface area contributed by atoms with Crippen molar-refractivity contribution >= 4 is 22.5 Å². The fourth-order valence-electron chi connectivity index (χ4n) is 4.76. The van der Waals surface area contributed by atoms with Crippen LogP contribution in [-0.4, -0.2) is 67.9 Å². The first-order chi connectivity index (χ1) is 15.1. The van der Waals surface area contributed by atoms with Gasteiger partial charge in [-0.2, -0.15) is 0 Å². The van der Waals surface area contributed by atoms with Gasteiger partial charge in [-0.3, -0.25) is 4.98 Å². The van der Waals surface area contributed by atoms with Crippen molar-refractivity contribution in [3.8, 4) is 11.3 Å². The van der Waals surface area contributed by atoms with Crippen LogP contribution < -0.4 is 15.1 Å². The molecule has 2 aliphatic rings. The Morgan fingerprint density at radius 1 is 1.03 bits per heavy atom. The molecule has 7 heteroatoms. The summed E-state index contributed by atoms with van der Waals surface area (Å²) in [7, 11) is 2.02. The van der Waals surface area contributed by atoms with Crippen LogP contribution in [0.1, 0.15) is 13.3 Å². The monoisotopic (exact) mass is 418 g/mol. The third-order valence-corrected chi connectivity index (χ3v) is 6.44. The van der Waals surface area contributed by atoms with Crippen molar-refractivity contribution in [3.05, 3.63) is 42.7 Å². The Morgan fingerprint density at radius 2 is 1.81 bits per heavy atom. The average molecular weight is 419 g/mol. The van der Waals surface area contributed by atoms with E-state index in [1.54, 1.807) is 12.4 Å². The first-order valence-electron chi connectivity index (χ1n) is 11.1. The van der Waals surface area contributed by atoms with Crippen LogP contribution in [0.2, 0.25) is 0 Å². The van der Waals surface area contributed by atoms with Crippen molar-refractivity contribution in [2.75, 3.05) is 62.8 Å². The molecule has 1 N–H and O–H groups in total. The number of ether oxygens (including phenoxy) is 1. The van der Waals surface area contributed by atoms with E-state index in [4.69, 9.17) is 9.72 Å². The van der Waals surface area contributed by atoms with Gasteiger partial charge in [0.15, 0.2) is 5.82 Å². The van der Waals surface area contributed by atoms with E-state index in [2.05, 4.69) is 62.3 Å². The lowest BCUT2D eigenvalue weighted by molar-refractivity contribution is 0.122. The fraction of sp³-hybridized carbons (Fsp3) is 0.458. The predicted molar refractivity (Wildman–Crippen MR) is 125 cm³/mol. The Labute approximate surface area is 183 Å². The normalized spacial score (nSPS) is 21.7. The molecule has 0 unspecified atom stereocenters. The van der Waals surface area contributed by atoms with Gasteiger partial charge < -0.3 is 19.9 Å². The predicted octanol–water partition coefficient (Wildman–Crippen LogP) is 2.96. The molecule has 0 radical (unpaired) electrons. The van der Waals surface area contributed by atoms with Crippen LogP contribution in [0, 0.1) is 5.41 Å². The Bertz CT molecular complexity index is 1050. The average Bonchev–Trinajstić information content (AvgIpc) is 3.21. The highest BCUT2D eigenvalue weighted by Gasteiger charge is 2.34. The van der Waals surface area contributed by atoms with E-state index >= 15 is 0 Å². The summed E-state index contributed by atoms with van der Waals surface area (Å²) in [5, 5.41) is 3.34. The molecule has 0 amide bonds. The van der Waals surface area contributed by atoms with Gasteiger partial charge in [0.1, 0.15) is 5.52 Å². The van der Waals surface area contributed by atoms with Crippen molar-refractivity contribution in [1.29, 1.82) is 0 Å². The van der Waals surface area contributed by atoms with E-state index in [0.717, 1.165) is 80.5 Å². The van der Waals surface area contributed by atoms with E-state index in [1.165, 1.54) is 5.69 Å². The molecule has 2 fully saturated rings. The molecule has 0 bridgehead atoms. The number of nitrogens with zero attached hydrogens (tertiary/aromatic N) is 5. The lowest BCUT2D eigenvalue weighted by Crippen LogP contribution is -2.36. The molecule has 7 nitrogen and oxygen atoms in total. The van der Waals surface area contributed by atoms with E-state index < -0.39 is 0 Å². The molecule has 162 valence electrons. The third-order valence-electron chi connectivity index (χ3n) is 6.44. The number of nitrogens with one attached hydrogen (secondary N) is 1. The van der Waals surface area contributed by atoms with Gasteiger partial charge in [0, 0.05) is 56.4 Å².